The summed E-state index contributed by atoms with van der Waals surface area (Å²) in [6, 6.07) is 5.62. The van der Waals surface area contributed by atoms with Crippen LogP contribution in [-0.2, 0) is 24.1 Å². The summed E-state index contributed by atoms with van der Waals surface area (Å²) in [6.07, 6.45) is 3.61. The van der Waals surface area contributed by atoms with Crippen molar-refractivity contribution in [2.24, 2.45) is 0 Å². The van der Waals surface area contributed by atoms with E-state index >= 15 is 0 Å². The van der Waals surface area contributed by atoms with Gasteiger partial charge in [0.1, 0.15) is 13.2 Å². The molecule has 0 atom stereocenters. The third-order valence-electron chi connectivity index (χ3n) is 3.81. The van der Waals surface area contributed by atoms with Gasteiger partial charge in [0.15, 0.2) is 16.6 Å². The molecule has 1 aliphatic heterocycles. The molecule has 1 aliphatic carbocycles. The second kappa shape index (κ2) is 5.61. The maximum Gasteiger partial charge on any atom is 0.230 e. The molecule has 0 saturated carbocycles. The Labute approximate surface area is 132 Å². The number of aryl methyl sites for hydroxylation is 2. The predicted octanol–water partition coefficient (Wildman–Crippen LogP) is 2.58. The van der Waals surface area contributed by atoms with E-state index in [4.69, 9.17) is 9.47 Å². The Bertz CT molecular complexity index is 705. The fourth-order valence-corrected chi connectivity index (χ4v) is 3.86. The monoisotopic (exact) mass is 316 g/mol. The Morgan fingerprint density at radius 1 is 1.23 bits per heavy atom. The van der Waals surface area contributed by atoms with Gasteiger partial charge in [-0.3, -0.25) is 4.79 Å². The number of fused-ring (bicyclic) bond motifs is 2. The molecule has 1 amide bonds. The molecule has 0 saturated heterocycles. The van der Waals surface area contributed by atoms with Crippen molar-refractivity contribution in [2.45, 2.75) is 25.7 Å². The standard InChI is InChI=1S/C16H16N2O3S/c19-15(18-16-17-11-2-1-3-14(11)22-16)9-10-4-5-12-13(8-10)21-7-6-20-12/h4-5,8H,1-3,6-7,9H2,(H,17,18,19). The lowest BCUT2D eigenvalue weighted by Crippen LogP contribution is -2.17. The van der Waals surface area contributed by atoms with Gasteiger partial charge in [0.2, 0.25) is 5.91 Å². The molecule has 2 aliphatic rings. The second-order valence-electron chi connectivity index (χ2n) is 5.45. The molecule has 1 aromatic carbocycles. The van der Waals surface area contributed by atoms with Gasteiger partial charge in [-0.2, -0.15) is 0 Å². The molecule has 6 heteroatoms. The third kappa shape index (κ3) is 2.66. The number of rotatable bonds is 3. The van der Waals surface area contributed by atoms with E-state index in [1.54, 1.807) is 11.3 Å². The lowest BCUT2D eigenvalue weighted by atomic mass is 10.1. The maximum absolute atomic E-state index is 12.2. The largest absolute Gasteiger partial charge is 0.486 e. The number of ether oxygens (including phenoxy) is 2. The summed E-state index contributed by atoms with van der Waals surface area (Å²) in [4.78, 5) is 18.0. The van der Waals surface area contributed by atoms with Crippen molar-refractivity contribution < 1.29 is 14.3 Å². The van der Waals surface area contributed by atoms with Gasteiger partial charge in [-0.25, -0.2) is 4.98 Å². The molecule has 2 aromatic rings. The van der Waals surface area contributed by atoms with Gasteiger partial charge in [0.05, 0.1) is 12.1 Å². The van der Waals surface area contributed by atoms with E-state index in [9.17, 15) is 4.79 Å². The SMILES string of the molecule is O=C(Cc1ccc2c(c1)OCCO2)Nc1nc2c(s1)CCC2. The number of amides is 1. The summed E-state index contributed by atoms with van der Waals surface area (Å²) in [7, 11) is 0. The molecule has 0 unspecified atom stereocenters. The minimum absolute atomic E-state index is 0.0518. The molecule has 4 rings (SSSR count). The number of hydrogen-bond acceptors (Lipinski definition) is 5. The van der Waals surface area contributed by atoms with Gasteiger partial charge < -0.3 is 14.8 Å². The van der Waals surface area contributed by atoms with Gasteiger partial charge in [-0.05, 0) is 37.0 Å². The summed E-state index contributed by atoms with van der Waals surface area (Å²) in [6.45, 7) is 1.12. The second-order valence-corrected chi connectivity index (χ2v) is 6.53. The fraction of sp³-hybridized carbons (Fsp3) is 0.375. The highest BCUT2D eigenvalue weighted by Crippen LogP contribution is 2.32. The number of carbonyl (C=O) groups is 1. The lowest BCUT2D eigenvalue weighted by Gasteiger charge is -2.18. The fourth-order valence-electron chi connectivity index (χ4n) is 2.79. The average Bonchev–Trinajstić information content (AvgIpc) is 3.08. The molecule has 1 aromatic heterocycles. The summed E-state index contributed by atoms with van der Waals surface area (Å²) in [5, 5.41) is 3.61. The Morgan fingerprint density at radius 2 is 2.09 bits per heavy atom. The number of benzene rings is 1. The number of aromatic nitrogens is 1. The molecule has 5 nitrogen and oxygen atoms in total. The summed E-state index contributed by atoms with van der Waals surface area (Å²) < 4.78 is 11.0. The first-order chi connectivity index (χ1) is 10.8. The Hall–Kier alpha value is -2.08. The van der Waals surface area contributed by atoms with Crippen molar-refractivity contribution in [3.63, 3.8) is 0 Å². The summed E-state index contributed by atoms with van der Waals surface area (Å²) >= 11 is 1.60. The van der Waals surface area contributed by atoms with E-state index in [2.05, 4.69) is 10.3 Å². The van der Waals surface area contributed by atoms with Crippen molar-refractivity contribution in [2.75, 3.05) is 18.5 Å². The molecule has 2 heterocycles. The van der Waals surface area contributed by atoms with Crippen LogP contribution in [0.2, 0.25) is 0 Å². The molecule has 0 bridgehead atoms. The van der Waals surface area contributed by atoms with Crippen LogP contribution in [-0.4, -0.2) is 24.1 Å². The van der Waals surface area contributed by atoms with Gasteiger partial charge in [0, 0.05) is 4.88 Å². The quantitative estimate of drug-likeness (QED) is 0.945. The van der Waals surface area contributed by atoms with Crippen LogP contribution in [0.25, 0.3) is 0 Å². The molecule has 114 valence electrons. The van der Waals surface area contributed by atoms with Gasteiger partial charge in [-0.15, -0.1) is 11.3 Å². The topological polar surface area (TPSA) is 60.5 Å². The zero-order valence-corrected chi connectivity index (χ0v) is 12.9. The summed E-state index contributed by atoms with van der Waals surface area (Å²) in [5.74, 6) is 1.40. The van der Waals surface area contributed by atoms with Gasteiger partial charge >= 0.3 is 0 Å². The first kappa shape index (κ1) is 13.6. The van der Waals surface area contributed by atoms with E-state index in [0.717, 1.165) is 29.8 Å². The highest BCUT2D eigenvalue weighted by atomic mass is 32.1. The van der Waals surface area contributed by atoms with E-state index in [1.165, 1.54) is 11.3 Å². The lowest BCUT2D eigenvalue weighted by molar-refractivity contribution is -0.115. The third-order valence-corrected chi connectivity index (χ3v) is 4.89. The van der Waals surface area contributed by atoms with Crippen LogP contribution < -0.4 is 14.8 Å². The number of thiazole rings is 1. The first-order valence-corrected chi connectivity index (χ1v) is 8.26. The Balaban J connectivity index is 1.43. The van der Waals surface area contributed by atoms with Crippen LogP contribution in [0.3, 0.4) is 0 Å². The van der Waals surface area contributed by atoms with E-state index in [1.807, 2.05) is 18.2 Å². The normalized spacial score (nSPS) is 15.5. The number of nitrogens with one attached hydrogen (secondary N) is 1. The number of hydrogen-bond donors (Lipinski definition) is 1. The van der Waals surface area contributed by atoms with Crippen molar-refractivity contribution in [3.05, 3.63) is 34.3 Å². The molecule has 22 heavy (non-hydrogen) atoms. The van der Waals surface area contributed by atoms with Crippen LogP contribution in [0.15, 0.2) is 18.2 Å². The number of nitrogens with zero attached hydrogens (tertiary/aromatic N) is 1. The van der Waals surface area contributed by atoms with E-state index < -0.39 is 0 Å². The van der Waals surface area contributed by atoms with Crippen LogP contribution in [0.5, 0.6) is 11.5 Å². The summed E-state index contributed by atoms with van der Waals surface area (Å²) in [5.41, 5.74) is 2.06. The first-order valence-electron chi connectivity index (χ1n) is 7.45. The van der Waals surface area contributed by atoms with Crippen LogP contribution in [0.4, 0.5) is 5.13 Å². The van der Waals surface area contributed by atoms with Crippen LogP contribution >= 0.6 is 11.3 Å². The molecule has 0 spiro atoms. The van der Waals surface area contributed by atoms with E-state index in [0.29, 0.717) is 30.5 Å². The minimum atomic E-state index is -0.0518. The van der Waals surface area contributed by atoms with Crippen LogP contribution in [0.1, 0.15) is 22.6 Å². The van der Waals surface area contributed by atoms with Crippen molar-refractivity contribution in [3.8, 4) is 11.5 Å². The Morgan fingerprint density at radius 3 is 2.95 bits per heavy atom. The highest BCUT2D eigenvalue weighted by Gasteiger charge is 2.18. The maximum atomic E-state index is 12.2. The Kier molecular flexibility index (Phi) is 3.46. The zero-order valence-electron chi connectivity index (χ0n) is 12.1. The smallest absolute Gasteiger partial charge is 0.230 e. The predicted molar refractivity (Wildman–Crippen MR) is 83.9 cm³/mol. The average molecular weight is 316 g/mol. The zero-order chi connectivity index (χ0) is 14.9. The van der Waals surface area contributed by atoms with E-state index in [-0.39, 0.29) is 5.91 Å². The van der Waals surface area contributed by atoms with Crippen molar-refractivity contribution in [1.29, 1.82) is 0 Å². The molecule has 0 radical (unpaired) electrons. The van der Waals surface area contributed by atoms with Crippen molar-refractivity contribution in [1.82, 2.24) is 4.98 Å². The van der Waals surface area contributed by atoms with Crippen molar-refractivity contribution >= 4 is 22.4 Å². The number of anilines is 1. The minimum Gasteiger partial charge on any atom is -0.486 e. The highest BCUT2D eigenvalue weighted by molar-refractivity contribution is 7.15. The van der Waals surface area contributed by atoms with Gasteiger partial charge in [0.25, 0.3) is 0 Å². The van der Waals surface area contributed by atoms with Crippen LogP contribution in [0, 0.1) is 0 Å². The number of carbonyl (C=O) groups excluding carboxylic acids is 1. The molecular weight excluding hydrogens is 300 g/mol. The van der Waals surface area contributed by atoms with Gasteiger partial charge in [-0.1, -0.05) is 6.07 Å². The molecule has 1 N–H and O–H groups in total. The molecular formula is C16H16N2O3S. The molecule has 0 fully saturated rings.